The first-order valence-corrected chi connectivity index (χ1v) is 7.73. The number of thiophene rings is 1. The molecule has 2 atom stereocenters. The molecule has 2 unspecified atom stereocenters. The van der Waals surface area contributed by atoms with Gasteiger partial charge in [-0.05, 0) is 47.7 Å². The van der Waals surface area contributed by atoms with Crippen molar-refractivity contribution in [2.75, 3.05) is 26.7 Å². The summed E-state index contributed by atoms with van der Waals surface area (Å²) >= 11 is 1.75. The van der Waals surface area contributed by atoms with E-state index in [1.54, 1.807) is 11.3 Å². The molecule has 2 rings (SSSR count). The van der Waals surface area contributed by atoms with Crippen molar-refractivity contribution in [2.24, 2.45) is 5.92 Å². The van der Waals surface area contributed by atoms with Crippen LogP contribution in [-0.4, -0.2) is 43.8 Å². The minimum Gasteiger partial charge on any atom is -0.453 e. The Hall–Kier alpha value is -1.07. The summed E-state index contributed by atoms with van der Waals surface area (Å²) in [5.74, 6) is 0.602. The van der Waals surface area contributed by atoms with Crippen LogP contribution in [0, 0.1) is 5.92 Å². The molecular formula is C14H22N2O2S. The SMILES string of the molecule is CCN1CC(Cc2ccsc2)CC(NC(=O)OC)C1. The monoisotopic (exact) mass is 282 g/mol. The summed E-state index contributed by atoms with van der Waals surface area (Å²) in [5.41, 5.74) is 1.41. The Morgan fingerprint density at radius 1 is 1.58 bits per heavy atom. The number of methoxy groups -OCH3 is 1. The molecule has 19 heavy (non-hydrogen) atoms. The lowest BCUT2D eigenvalue weighted by Gasteiger charge is -2.37. The molecule has 0 bridgehead atoms. The van der Waals surface area contributed by atoms with E-state index in [9.17, 15) is 4.79 Å². The van der Waals surface area contributed by atoms with Gasteiger partial charge in [0.15, 0.2) is 0 Å². The van der Waals surface area contributed by atoms with Crippen LogP contribution < -0.4 is 5.32 Å². The number of likely N-dealkylation sites (tertiary alicyclic amines) is 1. The molecule has 1 aliphatic heterocycles. The lowest BCUT2D eigenvalue weighted by atomic mass is 9.89. The summed E-state index contributed by atoms with van der Waals surface area (Å²) < 4.78 is 4.70. The van der Waals surface area contributed by atoms with Gasteiger partial charge in [0, 0.05) is 19.1 Å². The van der Waals surface area contributed by atoms with Gasteiger partial charge in [-0.25, -0.2) is 4.79 Å². The third kappa shape index (κ3) is 4.21. The highest BCUT2D eigenvalue weighted by Crippen LogP contribution is 2.22. The molecule has 0 radical (unpaired) electrons. The highest BCUT2D eigenvalue weighted by atomic mass is 32.1. The molecule has 0 spiro atoms. The topological polar surface area (TPSA) is 41.6 Å². The maximum Gasteiger partial charge on any atom is 0.407 e. The largest absolute Gasteiger partial charge is 0.453 e. The van der Waals surface area contributed by atoms with Gasteiger partial charge in [0.05, 0.1) is 7.11 Å². The fourth-order valence-electron chi connectivity index (χ4n) is 2.78. The van der Waals surface area contributed by atoms with Gasteiger partial charge in [-0.2, -0.15) is 11.3 Å². The zero-order valence-electron chi connectivity index (χ0n) is 11.6. The van der Waals surface area contributed by atoms with Crippen molar-refractivity contribution in [1.29, 1.82) is 0 Å². The standard InChI is InChI=1S/C14H22N2O2S/c1-3-16-8-12(6-11-4-5-19-10-11)7-13(9-16)15-14(17)18-2/h4-5,10,12-13H,3,6-9H2,1-2H3,(H,15,17). The molecule has 0 aliphatic carbocycles. The molecule has 1 fully saturated rings. The number of piperidine rings is 1. The molecule has 4 nitrogen and oxygen atoms in total. The quantitative estimate of drug-likeness (QED) is 0.921. The molecule has 0 saturated carbocycles. The van der Waals surface area contributed by atoms with Crippen molar-refractivity contribution < 1.29 is 9.53 Å². The number of ether oxygens (including phenoxy) is 1. The maximum atomic E-state index is 11.3. The molecular weight excluding hydrogens is 260 g/mol. The number of carbonyl (C=O) groups is 1. The minimum atomic E-state index is -0.322. The Labute approximate surface area is 118 Å². The number of nitrogens with zero attached hydrogens (tertiary/aromatic N) is 1. The number of hydrogen-bond acceptors (Lipinski definition) is 4. The highest BCUT2D eigenvalue weighted by Gasteiger charge is 2.27. The zero-order valence-corrected chi connectivity index (χ0v) is 12.4. The van der Waals surface area contributed by atoms with Crippen molar-refractivity contribution in [3.63, 3.8) is 0 Å². The van der Waals surface area contributed by atoms with Gasteiger partial charge < -0.3 is 15.0 Å². The summed E-state index contributed by atoms with van der Waals surface area (Å²) in [7, 11) is 1.42. The zero-order chi connectivity index (χ0) is 13.7. The van der Waals surface area contributed by atoms with Crippen LogP contribution >= 0.6 is 11.3 Å². The van der Waals surface area contributed by atoms with E-state index < -0.39 is 0 Å². The minimum absolute atomic E-state index is 0.199. The smallest absolute Gasteiger partial charge is 0.407 e. The molecule has 1 aromatic heterocycles. The Morgan fingerprint density at radius 2 is 2.42 bits per heavy atom. The molecule has 2 heterocycles. The van der Waals surface area contributed by atoms with Gasteiger partial charge in [0.2, 0.25) is 0 Å². The van der Waals surface area contributed by atoms with Crippen LogP contribution in [0.5, 0.6) is 0 Å². The molecule has 5 heteroatoms. The first-order valence-electron chi connectivity index (χ1n) is 6.79. The number of carbonyl (C=O) groups excluding carboxylic acids is 1. The lowest BCUT2D eigenvalue weighted by Crippen LogP contribution is -2.51. The van der Waals surface area contributed by atoms with Crippen molar-refractivity contribution in [1.82, 2.24) is 10.2 Å². The van der Waals surface area contributed by atoms with E-state index in [1.165, 1.54) is 12.7 Å². The van der Waals surface area contributed by atoms with E-state index in [0.717, 1.165) is 32.5 Å². The van der Waals surface area contributed by atoms with Crippen molar-refractivity contribution in [2.45, 2.75) is 25.8 Å². The second kappa shape index (κ2) is 6.91. The van der Waals surface area contributed by atoms with Gasteiger partial charge in [-0.1, -0.05) is 6.92 Å². The summed E-state index contributed by atoms with van der Waals surface area (Å²) in [4.78, 5) is 13.8. The van der Waals surface area contributed by atoms with Crippen LogP contribution in [0.15, 0.2) is 16.8 Å². The van der Waals surface area contributed by atoms with E-state index >= 15 is 0 Å². The van der Waals surface area contributed by atoms with Crippen LogP contribution in [0.4, 0.5) is 4.79 Å². The predicted molar refractivity (Wildman–Crippen MR) is 77.6 cm³/mol. The Bertz CT molecular complexity index is 394. The third-order valence-corrected chi connectivity index (χ3v) is 4.40. The summed E-state index contributed by atoms with van der Waals surface area (Å²) in [6.45, 7) is 5.24. The molecule has 1 saturated heterocycles. The van der Waals surface area contributed by atoms with E-state index in [-0.39, 0.29) is 12.1 Å². The van der Waals surface area contributed by atoms with E-state index in [2.05, 4.69) is 34.0 Å². The van der Waals surface area contributed by atoms with E-state index in [1.807, 2.05) is 0 Å². The molecule has 1 aliphatic rings. The van der Waals surface area contributed by atoms with E-state index in [0.29, 0.717) is 5.92 Å². The fourth-order valence-corrected chi connectivity index (χ4v) is 3.46. The molecule has 106 valence electrons. The summed E-state index contributed by atoms with van der Waals surface area (Å²) in [5, 5.41) is 7.28. The maximum absolute atomic E-state index is 11.3. The second-order valence-electron chi connectivity index (χ2n) is 5.12. The third-order valence-electron chi connectivity index (χ3n) is 3.67. The average molecular weight is 282 g/mol. The van der Waals surface area contributed by atoms with Crippen LogP contribution in [0.3, 0.4) is 0 Å². The van der Waals surface area contributed by atoms with E-state index in [4.69, 9.17) is 4.74 Å². The Balaban J connectivity index is 1.93. The fraction of sp³-hybridized carbons (Fsp3) is 0.643. The lowest BCUT2D eigenvalue weighted by molar-refractivity contribution is 0.128. The number of amides is 1. The van der Waals surface area contributed by atoms with Crippen LogP contribution in [0.25, 0.3) is 0 Å². The average Bonchev–Trinajstić information content (AvgIpc) is 2.91. The second-order valence-corrected chi connectivity index (χ2v) is 5.90. The van der Waals surface area contributed by atoms with Gasteiger partial charge in [0.25, 0.3) is 0 Å². The van der Waals surface area contributed by atoms with Gasteiger partial charge >= 0.3 is 6.09 Å². The molecule has 0 aromatic carbocycles. The number of likely N-dealkylation sites (N-methyl/N-ethyl adjacent to an activating group) is 1. The number of hydrogen-bond donors (Lipinski definition) is 1. The Kier molecular flexibility index (Phi) is 5.22. The Morgan fingerprint density at radius 3 is 3.05 bits per heavy atom. The molecule has 1 amide bonds. The van der Waals surface area contributed by atoms with Crippen LogP contribution in [0.2, 0.25) is 0 Å². The molecule has 1 aromatic rings. The first kappa shape index (κ1) is 14.3. The normalized spacial score (nSPS) is 24.1. The van der Waals surface area contributed by atoms with Gasteiger partial charge in [0.1, 0.15) is 0 Å². The summed E-state index contributed by atoms with van der Waals surface area (Å²) in [6.07, 6.45) is 1.80. The number of nitrogens with one attached hydrogen (secondary N) is 1. The van der Waals surface area contributed by atoms with Gasteiger partial charge in [-0.15, -0.1) is 0 Å². The first-order chi connectivity index (χ1) is 9.21. The van der Waals surface area contributed by atoms with Crippen LogP contribution in [-0.2, 0) is 11.2 Å². The number of rotatable bonds is 4. The van der Waals surface area contributed by atoms with Crippen molar-refractivity contribution >= 4 is 17.4 Å². The predicted octanol–water partition coefficient (Wildman–Crippen LogP) is 2.36. The van der Waals surface area contributed by atoms with Crippen molar-refractivity contribution in [3.05, 3.63) is 22.4 Å². The van der Waals surface area contributed by atoms with Crippen LogP contribution in [0.1, 0.15) is 18.9 Å². The number of alkyl carbamates (subject to hydrolysis) is 1. The van der Waals surface area contributed by atoms with Gasteiger partial charge in [-0.3, -0.25) is 0 Å². The molecule has 1 N–H and O–H groups in total. The highest BCUT2D eigenvalue weighted by molar-refractivity contribution is 7.07. The van der Waals surface area contributed by atoms with Crippen molar-refractivity contribution in [3.8, 4) is 0 Å². The summed E-state index contributed by atoms with van der Waals surface area (Å²) in [6, 6.07) is 2.39.